The van der Waals surface area contributed by atoms with Gasteiger partial charge in [-0.25, -0.2) is 0 Å². The van der Waals surface area contributed by atoms with Gasteiger partial charge in [-0.1, -0.05) is 37.3 Å². The molecule has 2 nitrogen and oxygen atoms in total. The average Bonchev–Trinajstić information content (AvgIpc) is 2.75. The molecule has 0 N–H and O–H groups in total. The number of benzene rings is 2. The van der Waals surface area contributed by atoms with Crippen molar-refractivity contribution in [2.24, 2.45) is 0 Å². The molecule has 2 aromatic rings. The Balaban J connectivity index is 1.94. The van der Waals surface area contributed by atoms with E-state index in [0.29, 0.717) is 5.25 Å². The summed E-state index contributed by atoms with van der Waals surface area (Å²) >= 11 is 1.97. The number of thioether (sulfide) groups is 1. The van der Waals surface area contributed by atoms with Gasteiger partial charge in [-0.2, -0.15) is 0 Å². The number of nitrogens with zero attached hydrogens (tertiary/aromatic N) is 1. The molecule has 2 aromatic carbocycles. The zero-order valence-electron chi connectivity index (χ0n) is 13.3. The molecule has 3 heteroatoms. The molecular weight excluding hydrogens is 290 g/mol. The van der Waals surface area contributed by atoms with Gasteiger partial charge < -0.3 is 9.64 Å². The largest absolute Gasteiger partial charge is 0.496 e. The number of ether oxygens (including phenoxy) is 1. The number of hydrogen-bond acceptors (Lipinski definition) is 3. The molecule has 0 unspecified atom stereocenters. The van der Waals surface area contributed by atoms with Crippen molar-refractivity contribution in [2.45, 2.75) is 29.9 Å². The number of rotatable bonds is 4. The number of anilines is 1. The molecule has 0 spiro atoms. The van der Waals surface area contributed by atoms with Crippen LogP contribution in [0.2, 0.25) is 0 Å². The molecule has 22 heavy (non-hydrogen) atoms. The van der Waals surface area contributed by atoms with Crippen molar-refractivity contribution in [3.05, 3.63) is 54.1 Å². The highest BCUT2D eigenvalue weighted by Gasteiger charge is 2.24. The summed E-state index contributed by atoms with van der Waals surface area (Å²) in [5.74, 6) is 1.00. The third-order valence-electron chi connectivity index (χ3n) is 4.12. The van der Waals surface area contributed by atoms with Gasteiger partial charge in [0.05, 0.1) is 12.8 Å². The standard InChI is InChI=1S/C19H23NOS/c1-3-13-20-14-12-18(15-8-4-6-10-17(15)21-2)22-19-11-7-5-9-16(19)20/h4-11,18H,3,12-14H2,1-2H3/t18-/m1/s1. The molecule has 1 atom stereocenters. The lowest BCUT2D eigenvalue weighted by atomic mass is 10.1. The topological polar surface area (TPSA) is 12.5 Å². The van der Waals surface area contributed by atoms with E-state index in [2.05, 4.69) is 54.3 Å². The van der Waals surface area contributed by atoms with Crippen LogP contribution in [0.5, 0.6) is 5.75 Å². The summed E-state index contributed by atoms with van der Waals surface area (Å²) in [5, 5.41) is 0.444. The van der Waals surface area contributed by atoms with Gasteiger partial charge >= 0.3 is 0 Å². The Morgan fingerprint density at radius 1 is 1.14 bits per heavy atom. The highest BCUT2D eigenvalue weighted by Crippen LogP contribution is 2.47. The monoisotopic (exact) mass is 313 g/mol. The molecule has 0 radical (unpaired) electrons. The summed E-state index contributed by atoms with van der Waals surface area (Å²) in [6.45, 7) is 4.47. The number of para-hydroxylation sites is 2. The lowest BCUT2D eigenvalue weighted by Crippen LogP contribution is -2.25. The Bertz CT molecular complexity index is 628. The normalized spacial score (nSPS) is 17.7. The van der Waals surface area contributed by atoms with E-state index < -0.39 is 0 Å². The summed E-state index contributed by atoms with van der Waals surface area (Å²) in [4.78, 5) is 3.90. The van der Waals surface area contributed by atoms with Crippen molar-refractivity contribution in [1.82, 2.24) is 0 Å². The maximum absolute atomic E-state index is 5.57. The third kappa shape index (κ3) is 3.09. The first kappa shape index (κ1) is 15.3. The fourth-order valence-corrected chi connectivity index (χ4v) is 4.40. The van der Waals surface area contributed by atoms with E-state index in [1.54, 1.807) is 7.11 Å². The summed E-state index contributed by atoms with van der Waals surface area (Å²) in [5.41, 5.74) is 2.69. The van der Waals surface area contributed by atoms with Gasteiger partial charge in [0.2, 0.25) is 0 Å². The van der Waals surface area contributed by atoms with Crippen LogP contribution in [0.25, 0.3) is 0 Å². The van der Waals surface area contributed by atoms with E-state index in [9.17, 15) is 0 Å². The van der Waals surface area contributed by atoms with Crippen LogP contribution in [-0.2, 0) is 0 Å². The van der Waals surface area contributed by atoms with Gasteiger partial charge in [0, 0.05) is 28.8 Å². The predicted molar refractivity (Wildman–Crippen MR) is 95.2 cm³/mol. The van der Waals surface area contributed by atoms with Crippen LogP contribution in [-0.4, -0.2) is 20.2 Å². The van der Waals surface area contributed by atoms with Crippen molar-refractivity contribution in [3.63, 3.8) is 0 Å². The minimum Gasteiger partial charge on any atom is -0.496 e. The van der Waals surface area contributed by atoms with Crippen LogP contribution in [0.3, 0.4) is 0 Å². The Morgan fingerprint density at radius 2 is 1.91 bits per heavy atom. The Labute approximate surface area is 137 Å². The fraction of sp³-hybridized carbons (Fsp3) is 0.368. The first-order valence-corrected chi connectivity index (χ1v) is 8.85. The molecule has 0 aromatic heterocycles. The molecule has 1 aliphatic heterocycles. The second kappa shape index (κ2) is 7.10. The van der Waals surface area contributed by atoms with Crippen molar-refractivity contribution in [1.29, 1.82) is 0 Å². The van der Waals surface area contributed by atoms with Gasteiger partial charge in [-0.05, 0) is 31.0 Å². The Hall–Kier alpha value is -1.61. The van der Waals surface area contributed by atoms with Crippen LogP contribution < -0.4 is 9.64 Å². The number of fused-ring (bicyclic) bond motifs is 1. The summed E-state index contributed by atoms with van der Waals surface area (Å²) in [7, 11) is 1.76. The maximum Gasteiger partial charge on any atom is 0.123 e. The molecule has 0 amide bonds. The molecular formula is C19H23NOS. The van der Waals surface area contributed by atoms with E-state index in [1.807, 2.05) is 17.8 Å². The third-order valence-corrected chi connectivity index (χ3v) is 5.49. The molecule has 0 fully saturated rings. The summed E-state index contributed by atoms with van der Waals surface area (Å²) in [6, 6.07) is 17.2. The zero-order valence-corrected chi connectivity index (χ0v) is 14.1. The number of hydrogen-bond donors (Lipinski definition) is 0. The van der Waals surface area contributed by atoms with E-state index in [0.717, 1.165) is 25.3 Å². The first-order chi connectivity index (χ1) is 10.8. The van der Waals surface area contributed by atoms with Crippen molar-refractivity contribution < 1.29 is 4.74 Å². The van der Waals surface area contributed by atoms with Crippen LogP contribution in [0, 0.1) is 0 Å². The molecule has 3 rings (SSSR count). The van der Waals surface area contributed by atoms with E-state index in [4.69, 9.17) is 4.74 Å². The zero-order chi connectivity index (χ0) is 15.4. The molecule has 0 saturated carbocycles. The quantitative estimate of drug-likeness (QED) is 0.774. The van der Waals surface area contributed by atoms with E-state index in [-0.39, 0.29) is 0 Å². The van der Waals surface area contributed by atoms with Crippen LogP contribution in [0.15, 0.2) is 53.4 Å². The molecule has 116 valence electrons. The Kier molecular flexibility index (Phi) is 4.94. The molecule has 0 saturated heterocycles. The molecule has 1 aliphatic rings. The van der Waals surface area contributed by atoms with Crippen molar-refractivity contribution >= 4 is 17.4 Å². The molecule has 0 aliphatic carbocycles. The fourth-order valence-electron chi connectivity index (χ4n) is 3.08. The molecule has 0 bridgehead atoms. The van der Waals surface area contributed by atoms with Gasteiger partial charge in [0.1, 0.15) is 5.75 Å². The van der Waals surface area contributed by atoms with E-state index in [1.165, 1.54) is 22.6 Å². The van der Waals surface area contributed by atoms with Crippen molar-refractivity contribution in [3.8, 4) is 5.75 Å². The van der Waals surface area contributed by atoms with E-state index >= 15 is 0 Å². The van der Waals surface area contributed by atoms with Crippen molar-refractivity contribution in [2.75, 3.05) is 25.1 Å². The average molecular weight is 313 g/mol. The predicted octanol–water partition coefficient (Wildman–Crippen LogP) is 5.15. The smallest absolute Gasteiger partial charge is 0.123 e. The second-order valence-electron chi connectivity index (χ2n) is 5.59. The highest BCUT2D eigenvalue weighted by molar-refractivity contribution is 7.99. The number of methoxy groups -OCH3 is 1. The minimum atomic E-state index is 0.444. The van der Waals surface area contributed by atoms with Gasteiger partial charge in [0.25, 0.3) is 0 Å². The molecule has 1 heterocycles. The van der Waals surface area contributed by atoms with Gasteiger partial charge in [-0.15, -0.1) is 11.8 Å². The SMILES string of the molecule is CCCN1CC[C@H](c2ccccc2OC)Sc2ccccc21. The summed E-state index contributed by atoms with van der Waals surface area (Å²) in [6.07, 6.45) is 2.32. The lowest BCUT2D eigenvalue weighted by Gasteiger charge is -2.23. The highest BCUT2D eigenvalue weighted by atomic mass is 32.2. The van der Waals surface area contributed by atoms with Crippen LogP contribution in [0.1, 0.15) is 30.6 Å². The first-order valence-electron chi connectivity index (χ1n) is 7.97. The van der Waals surface area contributed by atoms with Gasteiger partial charge in [-0.3, -0.25) is 0 Å². The van der Waals surface area contributed by atoms with Crippen LogP contribution in [0.4, 0.5) is 5.69 Å². The second-order valence-corrected chi connectivity index (χ2v) is 6.84. The Morgan fingerprint density at radius 3 is 2.73 bits per heavy atom. The lowest BCUT2D eigenvalue weighted by molar-refractivity contribution is 0.409. The van der Waals surface area contributed by atoms with Crippen LogP contribution >= 0.6 is 11.8 Å². The summed E-state index contributed by atoms with van der Waals surface area (Å²) < 4.78 is 5.57. The van der Waals surface area contributed by atoms with Gasteiger partial charge in [0.15, 0.2) is 0 Å². The minimum absolute atomic E-state index is 0.444. The maximum atomic E-state index is 5.57.